The molecule has 0 aromatic heterocycles. The predicted octanol–water partition coefficient (Wildman–Crippen LogP) is 4.39. The number of thiocarbonyl (C=S) groups is 1. The van der Waals surface area contributed by atoms with Gasteiger partial charge >= 0.3 is 0 Å². The fourth-order valence-electron chi connectivity index (χ4n) is 2.58. The quantitative estimate of drug-likeness (QED) is 0.714. The zero-order chi connectivity index (χ0) is 14.8. The zero-order valence-corrected chi connectivity index (χ0v) is 14.9. The molecule has 2 rings (SSSR count). The van der Waals surface area contributed by atoms with Crippen molar-refractivity contribution in [2.45, 2.75) is 32.1 Å². The van der Waals surface area contributed by atoms with Gasteiger partial charge in [-0.1, -0.05) is 47.4 Å². The van der Waals surface area contributed by atoms with E-state index < -0.39 is 5.41 Å². The number of anilines is 1. The molecular weight excluding hydrogens is 404 g/mol. The number of rotatable bonds is 3. The Morgan fingerprint density at radius 1 is 1.25 bits per heavy atom. The summed E-state index contributed by atoms with van der Waals surface area (Å²) in [5.41, 5.74) is 5.90. The van der Waals surface area contributed by atoms with Crippen LogP contribution in [0.4, 0.5) is 5.69 Å². The highest BCUT2D eigenvalue weighted by Crippen LogP contribution is 2.38. The summed E-state index contributed by atoms with van der Waals surface area (Å²) < 4.78 is 1.74. The Balaban J connectivity index is 2.25. The van der Waals surface area contributed by atoms with Crippen molar-refractivity contribution >= 4 is 60.7 Å². The Labute approximate surface area is 140 Å². The van der Waals surface area contributed by atoms with Crippen LogP contribution in [0.5, 0.6) is 0 Å². The third kappa shape index (κ3) is 3.23. The second-order valence-electron chi connectivity index (χ2n) is 5.09. The number of halogens is 2. The highest BCUT2D eigenvalue weighted by atomic mass is 79.9. The van der Waals surface area contributed by atoms with Crippen molar-refractivity contribution in [1.29, 1.82) is 0 Å². The first-order valence-electron chi connectivity index (χ1n) is 6.52. The lowest BCUT2D eigenvalue weighted by atomic mass is 9.73. The number of amides is 1. The van der Waals surface area contributed by atoms with Gasteiger partial charge in [0.1, 0.15) is 0 Å². The number of carbonyl (C=O) groups excluding carboxylic acids is 1. The SMILES string of the molecule is NC(=S)C1(C(=O)Nc2cc(Br)ccc2Br)CCCCC1. The lowest BCUT2D eigenvalue weighted by molar-refractivity contribution is -0.123. The standard InChI is InChI=1S/C14H16Br2N2OS/c15-9-4-5-10(16)11(8-9)18-13(19)14(12(17)20)6-2-1-3-7-14/h4-5,8H,1-3,6-7H2,(H2,17,20)(H,18,19). The van der Waals surface area contributed by atoms with Gasteiger partial charge in [-0.15, -0.1) is 0 Å². The first kappa shape index (κ1) is 15.9. The van der Waals surface area contributed by atoms with Crippen molar-refractivity contribution in [3.05, 3.63) is 27.1 Å². The maximum Gasteiger partial charge on any atom is 0.237 e. The van der Waals surface area contributed by atoms with Gasteiger partial charge in [0.2, 0.25) is 5.91 Å². The molecule has 1 aliphatic carbocycles. The molecule has 0 bridgehead atoms. The maximum atomic E-state index is 12.7. The molecule has 20 heavy (non-hydrogen) atoms. The average molecular weight is 420 g/mol. The minimum Gasteiger partial charge on any atom is -0.392 e. The third-order valence-electron chi connectivity index (χ3n) is 3.79. The van der Waals surface area contributed by atoms with Crippen LogP contribution in [0.3, 0.4) is 0 Å². The van der Waals surface area contributed by atoms with Crippen LogP contribution in [-0.2, 0) is 4.79 Å². The van der Waals surface area contributed by atoms with Gasteiger partial charge in [-0.25, -0.2) is 0 Å². The molecule has 1 fully saturated rings. The highest BCUT2D eigenvalue weighted by Gasteiger charge is 2.42. The van der Waals surface area contributed by atoms with Crippen molar-refractivity contribution in [2.24, 2.45) is 11.1 Å². The van der Waals surface area contributed by atoms with Gasteiger partial charge in [0.05, 0.1) is 16.1 Å². The molecule has 0 radical (unpaired) electrons. The van der Waals surface area contributed by atoms with Gasteiger partial charge < -0.3 is 11.1 Å². The van der Waals surface area contributed by atoms with Crippen LogP contribution in [0.25, 0.3) is 0 Å². The van der Waals surface area contributed by atoms with E-state index in [2.05, 4.69) is 37.2 Å². The van der Waals surface area contributed by atoms with E-state index >= 15 is 0 Å². The monoisotopic (exact) mass is 418 g/mol. The molecule has 0 heterocycles. The van der Waals surface area contributed by atoms with E-state index in [0.717, 1.165) is 46.7 Å². The number of hydrogen-bond acceptors (Lipinski definition) is 2. The molecule has 0 aliphatic heterocycles. The smallest absolute Gasteiger partial charge is 0.237 e. The summed E-state index contributed by atoms with van der Waals surface area (Å²) in [6.45, 7) is 0. The van der Waals surface area contributed by atoms with Gasteiger partial charge in [-0.2, -0.15) is 0 Å². The summed E-state index contributed by atoms with van der Waals surface area (Å²) in [4.78, 5) is 13.0. The molecule has 0 spiro atoms. The fraction of sp³-hybridized carbons (Fsp3) is 0.429. The van der Waals surface area contributed by atoms with Gasteiger partial charge in [0.25, 0.3) is 0 Å². The molecule has 0 unspecified atom stereocenters. The summed E-state index contributed by atoms with van der Waals surface area (Å²) >= 11 is 12.0. The van der Waals surface area contributed by atoms with Crippen LogP contribution in [0.2, 0.25) is 0 Å². The van der Waals surface area contributed by atoms with E-state index in [9.17, 15) is 4.79 Å². The van der Waals surface area contributed by atoms with Crippen LogP contribution >= 0.6 is 44.1 Å². The summed E-state index contributed by atoms with van der Waals surface area (Å²) in [6.07, 6.45) is 4.59. The molecule has 108 valence electrons. The molecule has 0 saturated heterocycles. The minimum atomic E-state index is -0.699. The first-order valence-corrected chi connectivity index (χ1v) is 8.51. The van der Waals surface area contributed by atoms with Crippen LogP contribution in [0.15, 0.2) is 27.1 Å². The van der Waals surface area contributed by atoms with Gasteiger partial charge in [-0.05, 0) is 47.0 Å². The molecule has 1 aromatic rings. The van der Waals surface area contributed by atoms with E-state index in [1.807, 2.05) is 18.2 Å². The van der Waals surface area contributed by atoms with Crippen molar-refractivity contribution in [3.63, 3.8) is 0 Å². The zero-order valence-electron chi connectivity index (χ0n) is 10.9. The molecule has 1 amide bonds. The molecule has 1 aromatic carbocycles. The summed E-state index contributed by atoms with van der Waals surface area (Å²) in [5.74, 6) is -0.0940. The van der Waals surface area contributed by atoms with Crippen molar-refractivity contribution in [1.82, 2.24) is 0 Å². The Kier molecular flexibility index (Phi) is 5.20. The van der Waals surface area contributed by atoms with E-state index in [-0.39, 0.29) is 5.91 Å². The molecule has 3 N–H and O–H groups in total. The average Bonchev–Trinajstić information content (AvgIpc) is 2.43. The topological polar surface area (TPSA) is 55.1 Å². The minimum absolute atomic E-state index is 0.0940. The number of benzene rings is 1. The Bertz CT molecular complexity index is 542. The number of nitrogens with two attached hydrogens (primary N) is 1. The lowest BCUT2D eigenvalue weighted by Crippen LogP contribution is -2.47. The fourth-order valence-corrected chi connectivity index (χ4v) is 3.58. The first-order chi connectivity index (χ1) is 9.45. The van der Waals surface area contributed by atoms with Crippen molar-refractivity contribution in [2.75, 3.05) is 5.32 Å². The lowest BCUT2D eigenvalue weighted by Gasteiger charge is -2.34. The van der Waals surface area contributed by atoms with Crippen LogP contribution in [-0.4, -0.2) is 10.9 Å². The van der Waals surface area contributed by atoms with E-state index in [1.54, 1.807) is 0 Å². The maximum absolute atomic E-state index is 12.7. The summed E-state index contributed by atoms with van der Waals surface area (Å²) in [7, 11) is 0. The number of carbonyl (C=O) groups is 1. The van der Waals surface area contributed by atoms with E-state index in [4.69, 9.17) is 18.0 Å². The molecular formula is C14H16Br2N2OS. The van der Waals surface area contributed by atoms with Gasteiger partial charge in [0.15, 0.2) is 0 Å². The van der Waals surface area contributed by atoms with E-state index in [1.165, 1.54) is 0 Å². The third-order valence-corrected chi connectivity index (χ3v) is 5.37. The normalized spacial score (nSPS) is 17.5. The van der Waals surface area contributed by atoms with E-state index in [0.29, 0.717) is 4.99 Å². The molecule has 6 heteroatoms. The second kappa shape index (κ2) is 6.54. The van der Waals surface area contributed by atoms with Gasteiger partial charge in [0, 0.05) is 8.95 Å². The Morgan fingerprint density at radius 3 is 2.50 bits per heavy atom. The Morgan fingerprint density at radius 2 is 1.90 bits per heavy atom. The van der Waals surface area contributed by atoms with Crippen LogP contribution in [0.1, 0.15) is 32.1 Å². The largest absolute Gasteiger partial charge is 0.392 e. The summed E-state index contributed by atoms with van der Waals surface area (Å²) in [6, 6.07) is 5.65. The van der Waals surface area contributed by atoms with Gasteiger partial charge in [-0.3, -0.25) is 4.79 Å². The second-order valence-corrected chi connectivity index (χ2v) is 7.30. The Hall–Kier alpha value is -0.460. The highest BCUT2D eigenvalue weighted by molar-refractivity contribution is 9.11. The molecule has 3 nitrogen and oxygen atoms in total. The predicted molar refractivity (Wildman–Crippen MR) is 92.8 cm³/mol. The van der Waals surface area contributed by atoms with Crippen molar-refractivity contribution in [3.8, 4) is 0 Å². The number of hydrogen-bond donors (Lipinski definition) is 2. The summed E-state index contributed by atoms with van der Waals surface area (Å²) in [5, 5.41) is 2.96. The van der Waals surface area contributed by atoms with Crippen molar-refractivity contribution < 1.29 is 4.79 Å². The molecule has 1 saturated carbocycles. The van der Waals surface area contributed by atoms with Crippen LogP contribution < -0.4 is 11.1 Å². The number of nitrogens with one attached hydrogen (secondary N) is 1. The van der Waals surface area contributed by atoms with Crippen LogP contribution in [0, 0.1) is 5.41 Å². The molecule has 0 atom stereocenters. The molecule has 1 aliphatic rings.